The molecule has 0 saturated carbocycles. The fourth-order valence-electron chi connectivity index (χ4n) is 0.545. The number of rotatable bonds is 4. The second-order valence-electron chi connectivity index (χ2n) is 2.36. The SMILES string of the molecule is [2H]C/C=C/C=C/C(=O)N[C@@H](C)C(=O)O. The first-order chi connectivity index (χ1) is 6.57. The fraction of sp³-hybridized carbons (Fsp3) is 0.333. The molecule has 2 N–H and O–H groups in total. The van der Waals surface area contributed by atoms with Crippen LogP contribution in [0.3, 0.4) is 0 Å². The lowest BCUT2D eigenvalue weighted by molar-refractivity contribution is -0.140. The minimum Gasteiger partial charge on any atom is -0.480 e. The van der Waals surface area contributed by atoms with Gasteiger partial charge in [0, 0.05) is 7.45 Å². The van der Waals surface area contributed by atoms with Gasteiger partial charge in [-0.1, -0.05) is 18.2 Å². The summed E-state index contributed by atoms with van der Waals surface area (Å²) in [5.41, 5.74) is 0. The smallest absolute Gasteiger partial charge is 0.325 e. The van der Waals surface area contributed by atoms with Crippen molar-refractivity contribution in [3.63, 3.8) is 0 Å². The van der Waals surface area contributed by atoms with Crippen LogP contribution in [0.4, 0.5) is 0 Å². The topological polar surface area (TPSA) is 66.4 Å². The molecule has 0 unspecified atom stereocenters. The van der Waals surface area contributed by atoms with Crippen molar-refractivity contribution in [3.8, 4) is 0 Å². The maximum atomic E-state index is 11.0. The van der Waals surface area contributed by atoms with Crippen LogP contribution in [-0.4, -0.2) is 23.0 Å². The summed E-state index contributed by atoms with van der Waals surface area (Å²) in [5.74, 6) is -1.54. The summed E-state index contributed by atoms with van der Waals surface area (Å²) in [6.07, 6.45) is 5.78. The van der Waals surface area contributed by atoms with Crippen LogP contribution >= 0.6 is 0 Å². The molecule has 0 aromatic heterocycles. The zero-order valence-corrected chi connectivity index (χ0v) is 7.36. The van der Waals surface area contributed by atoms with Crippen LogP contribution in [0.2, 0.25) is 0 Å². The van der Waals surface area contributed by atoms with Crippen molar-refractivity contribution in [2.24, 2.45) is 0 Å². The van der Waals surface area contributed by atoms with Gasteiger partial charge in [-0.25, -0.2) is 0 Å². The van der Waals surface area contributed by atoms with Crippen molar-refractivity contribution >= 4 is 11.9 Å². The van der Waals surface area contributed by atoms with Gasteiger partial charge >= 0.3 is 5.97 Å². The van der Waals surface area contributed by atoms with E-state index in [1.54, 1.807) is 12.2 Å². The molecular weight excluding hydrogens is 170 g/mol. The first-order valence-corrected chi connectivity index (χ1v) is 3.73. The van der Waals surface area contributed by atoms with Crippen molar-refractivity contribution < 1.29 is 16.1 Å². The van der Waals surface area contributed by atoms with Crippen molar-refractivity contribution in [2.45, 2.75) is 19.9 Å². The van der Waals surface area contributed by atoms with E-state index in [1.165, 1.54) is 19.1 Å². The van der Waals surface area contributed by atoms with Gasteiger partial charge in [0.1, 0.15) is 6.04 Å². The third kappa shape index (κ3) is 5.66. The van der Waals surface area contributed by atoms with E-state index >= 15 is 0 Å². The molecule has 0 aliphatic heterocycles. The average Bonchev–Trinajstić information content (AvgIpc) is 2.12. The zero-order valence-electron chi connectivity index (χ0n) is 8.36. The van der Waals surface area contributed by atoms with Crippen LogP contribution < -0.4 is 5.32 Å². The molecule has 4 heteroatoms. The molecular formula is C9H13NO3. The Morgan fingerprint density at radius 3 is 2.77 bits per heavy atom. The summed E-state index contributed by atoms with van der Waals surface area (Å²) in [6, 6.07) is -0.896. The Balaban J connectivity index is 3.92. The predicted molar refractivity (Wildman–Crippen MR) is 49.2 cm³/mol. The number of nitrogens with one attached hydrogen (secondary N) is 1. The van der Waals surface area contributed by atoms with Gasteiger partial charge in [-0.15, -0.1) is 0 Å². The van der Waals surface area contributed by atoms with Gasteiger partial charge in [-0.2, -0.15) is 0 Å². The molecule has 0 radical (unpaired) electrons. The van der Waals surface area contributed by atoms with Gasteiger partial charge in [0.25, 0.3) is 0 Å². The lowest BCUT2D eigenvalue weighted by Crippen LogP contribution is -2.37. The normalized spacial score (nSPS) is 14.4. The van der Waals surface area contributed by atoms with E-state index in [2.05, 4.69) is 5.32 Å². The number of carboxylic acids is 1. The first kappa shape index (κ1) is 9.51. The highest BCUT2D eigenvalue weighted by Gasteiger charge is 2.11. The number of allylic oxidation sites excluding steroid dienone is 3. The highest BCUT2D eigenvalue weighted by Crippen LogP contribution is 1.83. The van der Waals surface area contributed by atoms with E-state index in [4.69, 9.17) is 6.48 Å². The summed E-state index contributed by atoms with van der Waals surface area (Å²) in [5, 5.41) is 10.7. The van der Waals surface area contributed by atoms with E-state index in [0.29, 0.717) is 0 Å². The summed E-state index contributed by atoms with van der Waals surface area (Å²) in [6.45, 7) is 1.53. The first-order valence-electron chi connectivity index (χ1n) is 4.44. The van der Waals surface area contributed by atoms with Crippen molar-refractivity contribution in [1.82, 2.24) is 5.32 Å². The molecule has 0 aromatic carbocycles. The van der Waals surface area contributed by atoms with E-state index in [-0.39, 0.29) is 6.90 Å². The van der Waals surface area contributed by atoms with Crippen LogP contribution in [0.25, 0.3) is 0 Å². The molecule has 0 aliphatic rings. The molecule has 0 fully saturated rings. The standard InChI is InChI=1S/C9H13NO3/c1-3-4-5-6-8(11)10-7(2)9(12)13/h3-7H,1-2H3,(H,10,11)(H,12,13)/b4-3+,6-5+/t7-/m0/s1/i1D. The number of carboxylic acid groups (broad SMARTS) is 1. The van der Waals surface area contributed by atoms with Crippen LogP contribution in [0.5, 0.6) is 0 Å². The van der Waals surface area contributed by atoms with Gasteiger partial charge in [-0.3, -0.25) is 9.59 Å². The van der Waals surface area contributed by atoms with Gasteiger partial charge in [0.05, 0.1) is 0 Å². The van der Waals surface area contributed by atoms with Crippen molar-refractivity contribution in [2.75, 3.05) is 0 Å². The maximum absolute atomic E-state index is 11.0. The van der Waals surface area contributed by atoms with Gasteiger partial charge < -0.3 is 10.4 Å². The number of hydrogen-bond donors (Lipinski definition) is 2. The maximum Gasteiger partial charge on any atom is 0.325 e. The zero-order chi connectivity index (χ0) is 11.0. The third-order valence-corrected chi connectivity index (χ3v) is 1.22. The van der Waals surface area contributed by atoms with Crippen LogP contribution in [0, 0.1) is 0 Å². The molecule has 0 bridgehead atoms. The number of hydrogen-bond acceptors (Lipinski definition) is 2. The number of carbonyl (C=O) groups excluding carboxylic acids is 1. The molecule has 0 rings (SSSR count). The Morgan fingerprint density at radius 1 is 1.54 bits per heavy atom. The van der Waals surface area contributed by atoms with Crippen LogP contribution in [0.1, 0.15) is 15.2 Å². The Hall–Kier alpha value is -1.58. The van der Waals surface area contributed by atoms with E-state index in [1.807, 2.05) is 0 Å². The Bertz CT molecular complexity index is 261. The lowest BCUT2D eigenvalue weighted by Gasteiger charge is -2.05. The number of aliphatic carboxylic acids is 1. The molecule has 13 heavy (non-hydrogen) atoms. The quantitative estimate of drug-likeness (QED) is 0.499. The average molecular weight is 184 g/mol. The molecule has 0 aromatic rings. The van der Waals surface area contributed by atoms with Crippen molar-refractivity contribution in [1.29, 1.82) is 0 Å². The van der Waals surface area contributed by atoms with E-state index < -0.39 is 17.9 Å². The van der Waals surface area contributed by atoms with Crippen LogP contribution in [0.15, 0.2) is 24.3 Å². The summed E-state index contributed by atoms with van der Waals surface area (Å²) >= 11 is 0. The second kappa shape index (κ2) is 5.99. The molecule has 0 spiro atoms. The largest absolute Gasteiger partial charge is 0.480 e. The van der Waals surface area contributed by atoms with Gasteiger partial charge in [0.2, 0.25) is 5.91 Å². The minimum atomic E-state index is -1.08. The van der Waals surface area contributed by atoms with Gasteiger partial charge in [-0.05, 0) is 13.8 Å². The Labute approximate surface area is 78.4 Å². The Kier molecular flexibility index (Phi) is 4.38. The molecule has 1 amide bonds. The lowest BCUT2D eigenvalue weighted by atomic mass is 10.3. The third-order valence-electron chi connectivity index (χ3n) is 1.22. The minimum absolute atomic E-state index is 0.150. The van der Waals surface area contributed by atoms with Crippen LogP contribution in [-0.2, 0) is 9.59 Å². The highest BCUT2D eigenvalue weighted by atomic mass is 16.4. The summed E-state index contributed by atoms with van der Waals surface area (Å²) < 4.78 is 6.76. The fourth-order valence-corrected chi connectivity index (χ4v) is 0.545. The highest BCUT2D eigenvalue weighted by molar-refractivity contribution is 5.91. The summed E-state index contributed by atoms with van der Waals surface area (Å²) in [7, 11) is 0. The van der Waals surface area contributed by atoms with Gasteiger partial charge in [0.15, 0.2) is 0 Å². The van der Waals surface area contributed by atoms with Crippen molar-refractivity contribution in [3.05, 3.63) is 24.3 Å². The number of amides is 1. The predicted octanol–water partition coefficient (Wildman–Crippen LogP) is 0.708. The molecule has 0 aliphatic carbocycles. The monoisotopic (exact) mass is 184 g/mol. The molecule has 0 saturated heterocycles. The Morgan fingerprint density at radius 2 is 2.23 bits per heavy atom. The second-order valence-corrected chi connectivity index (χ2v) is 2.36. The molecule has 1 atom stereocenters. The number of carbonyl (C=O) groups is 2. The molecule has 0 heterocycles. The summed E-state index contributed by atoms with van der Waals surface area (Å²) in [4.78, 5) is 21.3. The van der Waals surface area contributed by atoms with E-state index in [0.717, 1.165) is 0 Å². The molecule has 4 nitrogen and oxygen atoms in total. The van der Waals surface area contributed by atoms with E-state index in [9.17, 15) is 9.59 Å². The molecule has 72 valence electrons.